The van der Waals surface area contributed by atoms with E-state index in [1.54, 1.807) is 0 Å². The minimum absolute atomic E-state index is 0.157. The summed E-state index contributed by atoms with van der Waals surface area (Å²) in [5.74, 6) is -0.771. The Morgan fingerprint density at radius 3 is 2.93 bits per heavy atom. The van der Waals surface area contributed by atoms with Crippen LogP contribution in [0.5, 0.6) is 5.75 Å². The van der Waals surface area contributed by atoms with Crippen LogP contribution in [0.1, 0.15) is 0 Å². The molecule has 74 valence electrons. The van der Waals surface area contributed by atoms with E-state index in [0.717, 1.165) is 0 Å². The molecule has 0 bridgehead atoms. The summed E-state index contributed by atoms with van der Waals surface area (Å²) in [6.07, 6.45) is -1.69. The van der Waals surface area contributed by atoms with Gasteiger partial charge in [0.25, 0.3) is 6.29 Å². The summed E-state index contributed by atoms with van der Waals surface area (Å²) >= 11 is 5.66. The van der Waals surface area contributed by atoms with E-state index < -0.39 is 12.2 Å². The lowest BCUT2D eigenvalue weighted by atomic mass is 10.2. The van der Waals surface area contributed by atoms with Gasteiger partial charge in [-0.15, -0.1) is 0 Å². The highest BCUT2D eigenvalue weighted by Crippen LogP contribution is 2.34. The van der Waals surface area contributed by atoms with Crippen molar-refractivity contribution in [3.8, 4) is 5.75 Å². The number of rotatable bonds is 0. The number of fused-ring (bicyclic) bond motifs is 1. The molecular weight excluding hydrogens is 210 g/mol. The molecule has 2 rings (SSSR count). The monoisotopic (exact) mass is 215 g/mol. The molecule has 0 aliphatic carbocycles. The number of anilines is 1. The molecule has 1 aromatic carbocycles. The molecule has 1 unspecified atom stereocenters. The predicted molar refractivity (Wildman–Crippen MR) is 47.4 cm³/mol. The van der Waals surface area contributed by atoms with Gasteiger partial charge in [-0.05, 0) is 12.1 Å². The van der Waals surface area contributed by atoms with Gasteiger partial charge in [-0.2, -0.15) is 5.06 Å². The number of benzene rings is 1. The first kappa shape index (κ1) is 9.26. The minimum atomic E-state index is -1.69. The molecule has 2 N–H and O–H groups in total. The van der Waals surface area contributed by atoms with Crippen LogP contribution in [-0.4, -0.2) is 22.5 Å². The van der Waals surface area contributed by atoms with Gasteiger partial charge >= 0.3 is 5.91 Å². The molecule has 1 amide bonds. The molecule has 0 fully saturated rings. The molecule has 1 aliphatic heterocycles. The van der Waals surface area contributed by atoms with Crippen molar-refractivity contribution in [2.24, 2.45) is 0 Å². The maximum absolute atomic E-state index is 11.0. The summed E-state index contributed by atoms with van der Waals surface area (Å²) in [5, 5.41) is 19.1. The Morgan fingerprint density at radius 2 is 2.21 bits per heavy atom. The first-order valence-electron chi connectivity index (χ1n) is 3.77. The number of hydrogen-bond donors (Lipinski definition) is 2. The van der Waals surface area contributed by atoms with Gasteiger partial charge in [0.15, 0.2) is 5.75 Å². The number of hydrogen-bond acceptors (Lipinski definition) is 4. The van der Waals surface area contributed by atoms with Gasteiger partial charge in [0.2, 0.25) is 0 Å². The molecule has 1 aromatic rings. The minimum Gasteiger partial charge on any atom is -0.453 e. The third kappa shape index (κ3) is 1.31. The average Bonchev–Trinajstić information content (AvgIpc) is 2.14. The van der Waals surface area contributed by atoms with E-state index in [0.29, 0.717) is 10.1 Å². The topological polar surface area (TPSA) is 70.0 Å². The Bertz CT molecular complexity index is 395. The van der Waals surface area contributed by atoms with Gasteiger partial charge < -0.3 is 9.84 Å². The second kappa shape index (κ2) is 3.13. The third-order valence-electron chi connectivity index (χ3n) is 1.81. The standard InChI is InChI=1S/C8H6ClNO4/c9-4-1-2-5-6(3-4)14-8(12)7(11)10(5)13/h1-3,8,12-13H. The van der Waals surface area contributed by atoms with Crippen molar-refractivity contribution in [1.29, 1.82) is 0 Å². The van der Waals surface area contributed by atoms with Crippen molar-refractivity contribution >= 4 is 23.2 Å². The number of nitrogens with zero attached hydrogens (tertiary/aromatic N) is 1. The predicted octanol–water partition coefficient (Wildman–Crippen LogP) is 0.773. The normalized spacial score (nSPS) is 20.4. The zero-order chi connectivity index (χ0) is 10.3. The Hall–Kier alpha value is -1.30. The molecule has 1 heterocycles. The molecule has 14 heavy (non-hydrogen) atoms. The molecule has 0 radical (unpaired) electrons. The van der Waals surface area contributed by atoms with Gasteiger partial charge in [0, 0.05) is 11.1 Å². The second-order valence-electron chi connectivity index (χ2n) is 2.73. The number of carbonyl (C=O) groups excluding carboxylic acids is 1. The summed E-state index contributed by atoms with van der Waals surface area (Å²) in [7, 11) is 0. The van der Waals surface area contributed by atoms with Crippen LogP contribution in [0.2, 0.25) is 5.02 Å². The summed E-state index contributed by atoms with van der Waals surface area (Å²) in [5.41, 5.74) is 0.157. The molecule has 0 aromatic heterocycles. The van der Waals surface area contributed by atoms with E-state index >= 15 is 0 Å². The molecule has 0 saturated carbocycles. The van der Waals surface area contributed by atoms with Crippen LogP contribution in [0, 0.1) is 0 Å². The van der Waals surface area contributed by atoms with Gasteiger partial charge in [0.1, 0.15) is 5.69 Å². The van der Waals surface area contributed by atoms with Gasteiger partial charge in [-0.1, -0.05) is 11.6 Å². The second-order valence-corrected chi connectivity index (χ2v) is 3.17. The van der Waals surface area contributed by atoms with Crippen LogP contribution in [-0.2, 0) is 4.79 Å². The zero-order valence-corrected chi connectivity index (χ0v) is 7.60. The van der Waals surface area contributed by atoms with Crippen molar-refractivity contribution < 1.29 is 19.8 Å². The number of ether oxygens (including phenoxy) is 1. The van der Waals surface area contributed by atoms with E-state index in [1.807, 2.05) is 0 Å². The summed E-state index contributed by atoms with van der Waals surface area (Å²) in [6, 6.07) is 4.31. The Morgan fingerprint density at radius 1 is 1.50 bits per heavy atom. The smallest absolute Gasteiger partial charge is 0.320 e. The highest BCUT2D eigenvalue weighted by atomic mass is 35.5. The van der Waals surface area contributed by atoms with Crippen LogP contribution in [0.25, 0.3) is 0 Å². The number of halogens is 1. The van der Waals surface area contributed by atoms with E-state index in [9.17, 15) is 10.0 Å². The summed E-state index contributed by atoms with van der Waals surface area (Å²) < 4.78 is 4.82. The lowest BCUT2D eigenvalue weighted by Gasteiger charge is -2.27. The molecule has 0 spiro atoms. The van der Waals surface area contributed by atoms with Crippen LogP contribution in [0.4, 0.5) is 5.69 Å². The molecule has 5 nitrogen and oxygen atoms in total. The van der Waals surface area contributed by atoms with Crippen molar-refractivity contribution in [3.63, 3.8) is 0 Å². The maximum Gasteiger partial charge on any atom is 0.320 e. The zero-order valence-electron chi connectivity index (χ0n) is 6.85. The number of aliphatic hydroxyl groups excluding tert-OH is 1. The fourth-order valence-electron chi connectivity index (χ4n) is 1.15. The number of amides is 1. The summed E-state index contributed by atoms with van der Waals surface area (Å²) in [4.78, 5) is 11.0. The molecular formula is C8H6ClNO4. The fourth-order valence-corrected chi connectivity index (χ4v) is 1.31. The van der Waals surface area contributed by atoms with E-state index in [-0.39, 0.29) is 11.4 Å². The highest BCUT2D eigenvalue weighted by molar-refractivity contribution is 6.30. The Kier molecular flexibility index (Phi) is 2.07. The van der Waals surface area contributed by atoms with Crippen LogP contribution in [0.15, 0.2) is 18.2 Å². The van der Waals surface area contributed by atoms with Crippen molar-refractivity contribution in [3.05, 3.63) is 23.2 Å². The fraction of sp³-hybridized carbons (Fsp3) is 0.125. The molecule has 1 atom stereocenters. The van der Waals surface area contributed by atoms with Crippen molar-refractivity contribution in [2.45, 2.75) is 6.29 Å². The quantitative estimate of drug-likeness (QED) is 0.628. The lowest BCUT2D eigenvalue weighted by molar-refractivity contribution is -0.148. The van der Waals surface area contributed by atoms with E-state index in [4.69, 9.17) is 21.4 Å². The molecule has 0 saturated heterocycles. The van der Waals surface area contributed by atoms with E-state index in [1.165, 1.54) is 18.2 Å². The van der Waals surface area contributed by atoms with E-state index in [2.05, 4.69) is 0 Å². The first-order valence-corrected chi connectivity index (χ1v) is 4.14. The van der Waals surface area contributed by atoms with Crippen molar-refractivity contribution in [2.75, 3.05) is 5.06 Å². The van der Waals surface area contributed by atoms with Gasteiger partial charge in [-0.3, -0.25) is 10.0 Å². The first-order chi connectivity index (χ1) is 6.59. The number of carbonyl (C=O) groups is 1. The lowest BCUT2D eigenvalue weighted by Crippen LogP contribution is -2.43. The summed E-state index contributed by atoms with van der Waals surface area (Å²) in [6.45, 7) is 0. The van der Waals surface area contributed by atoms with Crippen LogP contribution >= 0.6 is 11.6 Å². The van der Waals surface area contributed by atoms with Crippen LogP contribution in [0.3, 0.4) is 0 Å². The van der Waals surface area contributed by atoms with Gasteiger partial charge in [0.05, 0.1) is 0 Å². The SMILES string of the molecule is O=C1C(O)Oc2cc(Cl)ccc2N1O. The third-order valence-corrected chi connectivity index (χ3v) is 2.04. The largest absolute Gasteiger partial charge is 0.453 e. The molecule has 1 aliphatic rings. The van der Waals surface area contributed by atoms with Gasteiger partial charge in [-0.25, -0.2) is 0 Å². The number of hydroxylamine groups is 1. The van der Waals surface area contributed by atoms with Crippen molar-refractivity contribution in [1.82, 2.24) is 0 Å². The average molecular weight is 216 g/mol. The number of aliphatic hydroxyl groups is 1. The van der Waals surface area contributed by atoms with Crippen LogP contribution < -0.4 is 9.80 Å². The highest BCUT2D eigenvalue weighted by Gasteiger charge is 2.32. The molecule has 6 heteroatoms. The Balaban J connectivity index is 2.50. The Labute approximate surface area is 84.0 Å². The maximum atomic E-state index is 11.0.